The lowest BCUT2D eigenvalue weighted by molar-refractivity contribution is 0.579. The van der Waals surface area contributed by atoms with Crippen molar-refractivity contribution in [1.29, 1.82) is 0 Å². The molecule has 0 aliphatic carbocycles. The number of sulfonamides is 1. The molecule has 0 saturated carbocycles. The first kappa shape index (κ1) is 13.6. The zero-order chi connectivity index (χ0) is 12.2. The molecule has 0 fully saturated rings. The minimum Gasteiger partial charge on any atom is -0.210 e. The van der Waals surface area contributed by atoms with Gasteiger partial charge in [0.25, 0.3) is 0 Å². The minimum atomic E-state index is -3.53. The summed E-state index contributed by atoms with van der Waals surface area (Å²) in [6, 6.07) is 4.74. The lowest BCUT2D eigenvalue weighted by Gasteiger charge is -2.09. The normalized spacial score (nSPS) is 13.7. The Hall–Kier alpha value is -0.460. The zero-order valence-corrected chi connectivity index (χ0v) is 11.2. The summed E-state index contributed by atoms with van der Waals surface area (Å²) >= 11 is 3.33. The molecule has 1 aromatic rings. The molecule has 3 nitrogen and oxygen atoms in total. The molecule has 0 aliphatic rings. The van der Waals surface area contributed by atoms with E-state index < -0.39 is 15.8 Å². The number of hydrogen-bond donors (Lipinski definition) is 1. The summed E-state index contributed by atoms with van der Waals surface area (Å²) in [6.07, 6.45) is 0.825. The second kappa shape index (κ2) is 5.75. The van der Waals surface area contributed by atoms with Gasteiger partial charge in [0.1, 0.15) is 5.82 Å². The van der Waals surface area contributed by atoms with Crippen LogP contribution >= 0.6 is 15.9 Å². The van der Waals surface area contributed by atoms with Gasteiger partial charge in [0.05, 0.1) is 4.90 Å². The van der Waals surface area contributed by atoms with Crippen LogP contribution in [0.4, 0.5) is 4.39 Å². The molecule has 1 unspecified atom stereocenters. The van der Waals surface area contributed by atoms with Crippen molar-refractivity contribution in [2.45, 2.75) is 23.1 Å². The van der Waals surface area contributed by atoms with Crippen molar-refractivity contribution in [2.75, 3.05) is 6.54 Å². The highest BCUT2D eigenvalue weighted by molar-refractivity contribution is 9.09. The van der Waals surface area contributed by atoms with E-state index in [4.69, 9.17) is 0 Å². The first-order chi connectivity index (χ1) is 7.45. The van der Waals surface area contributed by atoms with E-state index in [1.807, 2.05) is 6.92 Å². The summed E-state index contributed by atoms with van der Waals surface area (Å²) < 4.78 is 38.5. The maximum Gasteiger partial charge on any atom is 0.240 e. The Morgan fingerprint density at radius 1 is 1.38 bits per heavy atom. The SMILES string of the molecule is CCC(Br)CNS(=O)(=O)c1ccc(F)cc1. The standard InChI is InChI=1S/C10H13BrFNO2S/c1-2-8(11)7-13-16(14,15)10-5-3-9(12)4-6-10/h3-6,8,13H,2,7H2,1H3. The Labute approximate surface area is 103 Å². The maximum absolute atomic E-state index is 12.6. The predicted octanol–water partition coefficient (Wildman–Crippen LogP) is 2.28. The van der Waals surface area contributed by atoms with Gasteiger partial charge in [-0.3, -0.25) is 0 Å². The molecule has 1 N–H and O–H groups in total. The third-order valence-corrected chi connectivity index (χ3v) is 4.47. The van der Waals surface area contributed by atoms with Crippen LogP contribution in [-0.4, -0.2) is 19.8 Å². The number of benzene rings is 1. The Bertz CT molecular complexity index is 433. The second-order valence-electron chi connectivity index (χ2n) is 3.31. The summed E-state index contributed by atoms with van der Waals surface area (Å²) in [5.41, 5.74) is 0. The number of halogens is 2. The van der Waals surface area contributed by atoms with Gasteiger partial charge in [-0.2, -0.15) is 0 Å². The van der Waals surface area contributed by atoms with E-state index in [0.717, 1.165) is 18.6 Å². The molecule has 0 saturated heterocycles. The first-order valence-electron chi connectivity index (χ1n) is 4.85. The summed E-state index contributed by atoms with van der Waals surface area (Å²) in [5.74, 6) is -0.453. The first-order valence-corrected chi connectivity index (χ1v) is 7.25. The molecular formula is C10H13BrFNO2S. The van der Waals surface area contributed by atoms with Crippen LogP contribution in [0.5, 0.6) is 0 Å². The number of alkyl halides is 1. The lowest BCUT2D eigenvalue weighted by Crippen LogP contribution is -2.29. The summed E-state index contributed by atoms with van der Waals surface area (Å²) in [7, 11) is -3.53. The average molecular weight is 310 g/mol. The molecule has 0 aromatic heterocycles. The molecule has 0 heterocycles. The molecule has 16 heavy (non-hydrogen) atoms. The molecule has 0 spiro atoms. The van der Waals surface area contributed by atoms with E-state index in [1.54, 1.807) is 0 Å². The van der Waals surface area contributed by atoms with Gasteiger partial charge in [-0.05, 0) is 30.7 Å². The van der Waals surface area contributed by atoms with Crippen molar-refractivity contribution in [3.8, 4) is 0 Å². The van der Waals surface area contributed by atoms with E-state index in [1.165, 1.54) is 12.1 Å². The average Bonchev–Trinajstić information content (AvgIpc) is 2.26. The third kappa shape index (κ3) is 3.84. The van der Waals surface area contributed by atoms with E-state index in [0.29, 0.717) is 6.54 Å². The Morgan fingerprint density at radius 3 is 2.44 bits per heavy atom. The van der Waals surface area contributed by atoms with Crippen LogP contribution < -0.4 is 4.72 Å². The summed E-state index contributed by atoms with van der Waals surface area (Å²) in [6.45, 7) is 2.27. The van der Waals surface area contributed by atoms with Gasteiger partial charge in [-0.1, -0.05) is 22.9 Å². The molecule has 0 aliphatic heterocycles. The molecule has 0 bridgehead atoms. The monoisotopic (exact) mass is 309 g/mol. The highest BCUT2D eigenvalue weighted by Crippen LogP contribution is 2.10. The van der Waals surface area contributed by atoms with Crippen molar-refractivity contribution in [3.63, 3.8) is 0 Å². The smallest absolute Gasteiger partial charge is 0.210 e. The van der Waals surface area contributed by atoms with Crippen molar-refractivity contribution in [2.24, 2.45) is 0 Å². The lowest BCUT2D eigenvalue weighted by atomic mass is 10.3. The zero-order valence-electron chi connectivity index (χ0n) is 8.78. The van der Waals surface area contributed by atoms with Crippen LogP contribution in [0.15, 0.2) is 29.2 Å². The topological polar surface area (TPSA) is 46.2 Å². The van der Waals surface area contributed by atoms with Crippen molar-refractivity contribution < 1.29 is 12.8 Å². The van der Waals surface area contributed by atoms with E-state index in [-0.39, 0.29) is 9.72 Å². The molecule has 0 amide bonds. The van der Waals surface area contributed by atoms with Gasteiger partial charge < -0.3 is 0 Å². The van der Waals surface area contributed by atoms with Crippen molar-refractivity contribution in [1.82, 2.24) is 4.72 Å². The fourth-order valence-corrected chi connectivity index (χ4v) is 2.50. The fourth-order valence-electron chi connectivity index (χ4n) is 1.04. The van der Waals surface area contributed by atoms with Crippen LogP contribution in [0, 0.1) is 5.82 Å². The summed E-state index contributed by atoms with van der Waals surface area (Å²) in [4.78, 5) is 0.174. The van der Waals surface area contributed by atoms with Crippen molar-refractivity contribution in [3.05, 3.63) is 30.1 Å². The minimum absolute atomic E-state index is 0.0738. The van der Waals surface area contributed by atoms with Crippen LogP contribution in [0.1, 0.15) is 13.3 Å². The number of hydrogen-bond acceptors (Lipinski definition) is 2. The fraction of sp³-hybridized carbons (Fsp3) is 0.400. The molecular weight excluding hydrogens is 297 g/mol. The quantitative estimate of drug-likeness (QED) is 0.848. The molecule has 1 aromatic carbocycles. The van der Waals surface area contributed by atoms with Crippen LogP contribution in [0.3, 0.4) is 0 Å². The molecule has 0 radical (unpaired) electrons. The Balaban J connectivity index is 2.74. The highest BCUT2D eigenvalue weighted by Gasteiger charge is 2.14. The second-order valence-corrected chi connectivity index (χ2v) is 6.37. The van der Waals surface area contributed by atoms with E-state index >= 15 is 0 Å². The van der Waals surface area contributed by atoms with Gasteiger partial charge in [0.15, 0.2) is 0 Å². The Morgan fingerprint density at radius 2 is 1.94 bits per heavy atom. The van der Waals surface area contributed by atoms with Gasteiger partial charge in [0.2, 0.25) is 10.0 Å². The number of nitrogens with one attached hydrogen (secondary N) is 1. The molecule has 90 valence electrons. The van der Waals surface area contributed by atoms with E-state index in [2.05, 4.69) is 20.7 Å². The van der Waals surface area contributed by atoms with E-state index in [9.17, 15) is 12.8 Å². The predicted molar refractivity (Wildman–Crippen MR) is 64.6 cm³/mol. The van der Waals surface area contributed by atoms with Crippen LogP contribution in [-0.2, 0) is 10.0 Å². The summed E-state index contributed by atoms with van der Waals surface area (Å²) in [5, 5.41) is 0. The van der Waals surface area contributed by atoms with Crippen LogP contribution in [0.25, 0.3) is 0 Å². The van der Waals surface area contributed by atoms with Gasteiger partial charge in [-0.25, -0.2) is 17.5 Å². The van der Waals surface area contributed by atoms with Gasteiger partial charge >= 0.3 is 0 Å². The number of rotatable bonds is 5. The van der Waals surface area contributed by atoms with Gasteiger partial charge in [-0.15, -0.1) is 0 Å². The highest BCUT2D eigenvalue weighted by atomic mass is 79.9. The molecule has 1 atom stereocenters. The van der Waals surface area contributed by atoms with Crippen molar-refractivity contribution >= 4 is 26.0 Å². The third-order valence-electron chi connectivity index (χ3n) is 2.06. The Kier molecular flexibility index (Phi) is 4.89. The largest absolute Gasteiger partial charge is 0.240 e. The van der Waals surface area contributed by atoms with Gasteiger partial charge in [0, 0.05) is 11.4 Å². The van der Waals surface area contributed by atoms with Crippen LogP contribution in [0.2, 0.25) is 0 Å². The maximum atomic E-state index is 12.6. The molecule has 6 heteroatoms. The molecule has 1 rings (SSSR count).